The Morgan fingerprint density at radius 2 is 0.730 bits per heavy atom. The average molecular weight is 1060 g/mol. The molecule has 0 radical (unpaired) electrons. The van der Waals surface area contributed by atoms with Gasteiger partial charge in [-0.15, -0.1) is 0 Å². The summed E-state index contributed by atoms with van der Waals surface area (Å²) in [6.07, 6.45) is 44.1. The molecule has 12 heteroatoms. The summed E-state index contributed by atoms with van der Waals surface area (Å²) in [7, 11) is 0. The summed E-state index contributed by atoms with van der Waals surface area (Å²) >= 11 is 0. The van der Waals surface area contributed by atoms with Crippen LogP contribution in [-0.2, 0) is 38.1 Å². The van der Waals surface area contributed by atoms with Crippen molar-refractivity contribution in [3.8, 4) is 0 Å². The van der Waals surface area contributed by atoms with Gasteiger partial charge in [-0.1, -0.05) is 228 Å². The fourth-order valence-corrected chi connectivity index (χ4v) is 9.11. The number of amides is 1. The molecule has 0 heterocycles. The Morgan fingerprint density at radius 3 is 1.09 bits per heavy atom. The van der Waals surface area contributed by atoms with Crippen LogP contribution in [0.15, 0.2) is 0 Å². The molecular weight excluding hydrogens is 933 g/mol. The first-order chi connectivity index (χ1) is 36.1. The normalized spacial score (nSPS) is 11.7. The Kier molecular flexibility index (Phi) is 59.5. The van der Waals surface area contributed by atoms with Crippen molar-refractivity contribution >= 4 is 24.0 Å². The third kappa shape index (κ3) is 54.4. The summed E-state index contributed by atoms with van der Waals surface area (Å²) < 4.78 is 27.8. The number of unbranched alkanes of at least 4 members (excludes halogenated alkanes) is 27. The second-order valence-corrected chi connectivity index (χ2v) is 21.1. The zero-order valence-corrected chi connectivity index (χ0v) is 49.7. The van der Waals surface area contributed by atoms with Crippen molar-refractivity contribution in [3.05, 3.63) is 0 Å². The molecule has 0 aromatic rings. The van der Waals surface area contributed by atoms with Gasteiger partial charge in [0.25, 0.3) is 0 Å². The minimum atomic E-state index is -0.546. The minimum absolute atomic E-state index is 0.000171. The first kappa shape index (κ1) is 73.6. The van der Waals surface area contributed by atoms with E-state index in [1.165, 1.54) is 141 Å². The highest BCUT2D eigenvalue weighted by Crippen LogP contribution is 2.20. The van der Waals surface area contributed by atoms with E-state index in [0.717, 1.165) is 110 Å². The molecule has 1 amide bonds. The maximum Gasteiger partial charge on any atom is 0.407 e. The van der Waals surface area contributed by atoms with Crippen molar-refractivity contribution in [2.24, 2.45) is 5.92 Å². The predicted molar refractivity (Wildman–Crippen MR) is 307 cm³/mol. The number of aliphatic hydroxyl groups excluding tert-OH is 1. The molecular formula is C62H122N2O10. The molecule has 0 aromatic heterocycles. The molecule has 0 aliphatic carbocycles. The van der Waals surface area contributed by atoms with Gasteiger partial charge in [0, 0.05) is 32.4 Å². The lowest BCUT2D eigenvalue weighted by Crippen LogP contribution is -2.36. The molecule has 0 aliphatic heterocycles. The fraction of sp³-hybridized carbons (Fsp3) is 0.935. The number of ether oxygens (including phenoxy) is 5. The van der Waals surface area contributed by atoms with Gasteiger partial charge in [0.15, 0.2) is 0 Å². The van der Waals surface area contributed by atoms with Gasteiger partial charge in [-0.05, 0) is 70.9 Å². The highest BCUT2D eigenvalue weighted by molar-refractivity contribution is 5.70. The van der Waals surface area contributed by atoms with Crippen LogP contribution in [0.3, 0.4) is 0 Å². The second kappa shape index (κ2) is 59.8. The zero-order chi connectivity index (χ0) is 54.8. The Labute approximate surface area is 456 Å². The quantitative estimate of drug-likeness (QED) is 0.0259. The number of hydrogen-bond donors (Lipinski definition) is 2. The van der Waals surface area contributed by atoms with Gasteiger partial charge in [0.2, 0.25) is 0 Å². The Hall–Kier alpha value is -2.44. The zero-order valence-electron chi connectivity index (χ0n) is 49.7. The standard InChI is InChI=1S/C44H84N2O8.C18H38O2/c1-6-11-14-17-20-24-29-40(30-25-21-18-15-12-7-2)54-43(49)33-28-23-22-27-32-42(48)52-37-39(36-51-41(47)31-26-19-16-13-8-3)38-53-44(50)45-34-35-46(9-4)10-5;1-3-5-7-9-11-13-15-18(20-17-19)16-14-12-10-8-6-4-2/h39-40H,6-38H2,1-5H3,(H,45,50);18-19H,3-17H2,1-2H3. The van der Waals surface area contributed by atoms with Gasteiger partial charge in [-0.25, -0.2) is 4.79 Å². The summed E-state index contributed by atoms with van der Waals surface area (Å²) in [6.45, 7) is 18.1. The number of alkyl carbamates (subject to hydrolysis) is 1. The van der Waals surface area contributed by atoms with E-state index in [9.17, 15) is 19.2 Å². The van der Waals surface area contributed by atoms with E-state index in [-0.39, 0.29) is 63.2 Å². The maximum absolute atomic E-state index is 12.7. The number of hydrogen-bond acceptors (Lipinski definition) is 11. The Bertz CT molecular complexity index is 1170. The molecule has 2 N–H and O–H groups in total. The van der Waals surface area contributed by atoms with Gasteiger partial charge in [0.1, 0.15) is 32.7 Å². The SMILES string of the molecule is CCCCCCCCC(CCCCCCCC)OC(=O)CCCCCCC(=O)OCC(COC(=O)CCCCCCC)COC(=O)NCCN(CC)CC.CCCCCCCCC(CCCCCCCC)OCO. The molecule has 1 unspecified atom stereocenters. The number of nitrogens with one attached hydrogen (secondary N) is 1. The van der Waals surface area contributed by atoms with Crippen LogP contribution in [0.2, 0.25) is 0 Å². The van der Waals surface area contributed by atoms with Gasteiger partial charge in [-0.2, -0.15) is 0 Å². The predicted octanol–water partition coefficient (Wildman–Crippen LogP) is 16.7. The summed E-state index contributed by atoms with van der Waals surface area (Å²) in [6, 6.07) is 0. The van der Waals surface area contributed by atoms with Crippen molar-refractivity contribution in [1.82, 2.24) is 10.2 Å². The van der Waals surface area contributed by atoms with Crippen LogP contribution < -0.4 is 5.32 Å². The topological polar surface area (TPSA) is 150 Å². The van der Waals surface area contributed by atoms with Crippen molar-refractivity contribution in [2.75, 3.05) is 52.8 Å². The van der Waals surface area contributed by atoms with E-state index in [0.29, 0.717) is 25.8 Å². The third-order valence-electron chi connectivity index (χ3n) is 14.1. The monoisotopic (exact) mass is 1050 g/mol. The molecule has 1 atom stereocenters. The maximum atomic E-state index is 12.7. The van der Waals surface area contributed by atoms with E-state index >= 15 is 0 Å². The molecule has 0 bridgehead atoms. The summed E-state index contributed by atoms with van der Waals surface area (Å²) in [5.41, 5.74) is 0. The molecule has 74 heavy (non-hydrogen) atoms. The van der Waals surface area contributed by atoms with E-state index in [1.54, 1.807) is 0 Å². The van der Waals surface area contributed by atoms with Crippen LogP contribution in [0.5, 0.6) is 0 Å². The lowest BCUT2D eigenvalue weighted by molar-refractivity contribution is -0.151. The first-order valence-electron chi connectivity index (χ1n) is 31.5. The highest BCUT2D eigenvalue weighted by Gasteiger charge is 2.19. The molecule has 440 valence electrons. The molecule has 12 nitrogen and oxygen atoms in total. The Balaban J connectivity index is 0. The smallest absolute Gasteiger partial charge is 0.407 e. The minimum Gasteiger partial charge on any atom is -0.465 e. The molecule has 0 aliphatic rings. The van der Waals surface area contributed by atoms with E-state index in [4.69, 9.17) is 28.8 Å². The number of likely N-dealkylation sites (N-methyl/N-ethyl adjacent to an activating group) is 1. The van der Waals surface area contributed by atoms with Crippen molar-refractivity contribution in [2.45, 2.75) is 318 Å². The molecule has 0 saturated carbocycles. The molecule has 0 rings (SSSR count). The first-order valence-corrected chi connectivity index (χ1v) is 31.5. The lowest BCUT2D eigenvalue weighted by atomic mass is 10.0. The average Bonchev–Trinajstić information content (AvgIpc) is 3.39. The van der Waals surface area contributed by atoms with Crippen molar-refractivity contribution in [1.29, 1.82) is 0 Å². The number of carbonyl (C=O) groups excluding carboxylic acids is 4. The number of esters is 3. The van der Waals surface area contributed by atoms with E-state index in [1.807, 2.05) is 0 Å². The number of nitrogens with zero attached hydrogens (tertiary/aromatic N) is 1. The van der Waals surface area contributed by atoms with Gasteiger partial charge in [0.05, 0.1) is 12.0 Å². The van der Waals surface area contributed by atoms with Crippen LogP contribution in [0.25, 0.3) is 0 Å². The van der Waals surface area contributed by atoms with Crippen LogP contribution >= 0.6 is 0 Å². The summed E-state index contributed by atoms with van der Waals surface area (Å²) in [5.74, 6) is -1.18. The Morgan fingerprint density at radius 1 is 0.405 bits per heavy atom. The molecule has 0 spiro atoms. The highest BCUT2D eigenvalue weighted by atomic mass is 16.6. The number of carbonyl (C=O) groups is 4. The number of rotatable bonds is 55. The largest absolute Gasteiger partial charge is 0.465 e. The van der Waals surface area contributed by atoms with E-state index < -0.39 is 12.0 Å². The fourth-order valence-electron chi connectivity index (χ4n) is 9.11. The summed E-state index contributed by atoms with van der Waals surface area (Å²) in [5, 5.41) is 11.7. The lowest BCUT2D eigenvalue weighted by Gasteiger charge is -2.19. The van der Waals surface area contributed by atoms with Crippen molar-refractivity contribution in [3.63, 3.8) is 0 Å². The van der Waals surface area contributed by atoms with Crippen LogP contribution in [0, 0.1) is 5.92 Å². The van der Waals surface area contributed by atoms with E-state index in [2.05, 4.69) is 58.7 Å². The molecule has 0 saturated heterocycles. The second-order valence-electron chi connectivity index (χ2n) is 21.1. The summed E-state index contributed by atoms with van der Waals surface area (Å²) in [4.78, 5) is 52.1. The van der Waals surface area contributed by atoms with Gasteiger partial charge in [-0.3, -0.25) is 14.4 Å². The van der Waals surface area contributed by atoms with Crippen molar-refractivity contribution < 1.29 is 48.0 Å². The van der Waals surface area contributed by atoms with Crippen LogP contribution in [-0.4, -0.2) is 99.0 Å². The van der Waals surface area contributed by atoms with Gasteiger partial charge < -0.3 is 39.0 Å². The molecule has 0 aromatic carbocycles. The van der Waals surface area contributed by atoms with Crippen LogP contribution in [0.1, 0.15) is 305 Å². The number of aliphatic hydroxyl groups is 1. The third-order valence-corrected chi connectivity index (χ3v) is 14.1. The molecule has 0 fully saturated rings. The van der Waals surface area contributed by atoms with Crippen LogP contribution in [0.4, 0.5) is 4.79 Å². The van der Waals surface area contributed by atoms with Gasteiger partial charge >= 0.3 is 24.0 Å².